The highest BCUT2D eigenvalue weighted by atomic mass is 16.6. The van der Waals surface area contributed by atoms with E-state index in [2.05, 4.69) is 0 Å². The summed E-state index contributed by atoms with van der Waals surface area (Å²) >= 11 is 0. The highest BCUT2D eigenvalue weighted by molar-refractivity contribution is 5.72. The van der Waals surface area contributed by atoms with E-state index in [1.807, 2.05) is 13.8 Å². The van der Waals surface area contributed by atoms with Crippen LogP contribution in [0.1, 0.15) is 33.6 Å². The highest BCUT2D eigenvalue weighted by Crippen LogP contribution is 2.34. The van der Waals surface area contributed by atoms with Gasteiger partial charge in [-0.2, -0.15) is 0 Å². The molecule has 0 unspecified atom stereocenters. The second-order valence-corrected chi connectivity index (χ2v) is 4.11. The van der Waals surface area contributed by atoms with Crippen molar-refractivity contribution < 1.29 is 19.1 Å². The second kappa shape index (κ2) is 3.98. The number of rotatable bonds is 3. The second-order valence-electron chi connectivity index (χ2n) is 4.11. The van der Waals surface area contributed by atoms with Crippen molar-refractivity contribution >= 4 is 11.9 Å². The molecule has 1 aliphatic rings. The lowest BCUT2D eigenvalue weighted by molar-refractivity contribution is -0.147. The average molecular weight is 200 g/mol. The Kier molecular flexibility index (Phi) is 3.13. The Morgan fingerprint density at radius 1 is 1.64 bits per heavy atom. The Morgan fingerprint density at radius 3 is 2.71 bits per heavy atom. The zero-order chi connectivity index (χ0) is 10.8. The van der Waals surface area contributed by atoms with Gasteiger partial charge >= 0.3 is 11.9 Å². The Balaban J connectivity index is 2.37. The predicted octanol–water partition coefficient (Wildman–Crippen LogP) is 1.28. The van der Waals surface area contributed by atoms with E-state index in [1.54, 1.807) is 0 Å². The monoisotopic (exact) mass is 200 g/mol. The van der Waals surface area contributed by atoms with Crippen molar-refractivity contribution in [3.8, 4) is 0 Å². The summed E-state index contributed by atoms with van der Waals surface area (Å²) in [6.07, 6.45) is 1.10. The summed E-state index contributed by atoms with van der Waals surface area (Å²) in [5, 5.41) is 0. The SMILES string of the molecule is CC(=O)OCC[C@@H]1CC(=O)OC1(C)C. The topological polar surface area (TPSA) is 52.6 Å². The lowest BCUT2D eigenvalue weighted by Gasteiger charge is -2.24. The summed E-state index contributed by atoms with van der Waals surface area (Å²) in [4.78, 5) is 21.6. The van der Waals surface area contributed by atoms with Crippen LogP contribution in [0.25, 0.3) is 0 Å². The minimum Gasteiger partial charge on any atom is -0.466 e. The van der Waals surface area contributed by atoms with Crippen LogP contribution in [0.5, 0.6) is 0 Å². The van der Waals surface area contributed by atoms with Crippen molar-refractivity contribution in [1.29, 1.82) is 0 Å². The quantitative estimate of drug-likeness (QED) is 0.644. The molecule has 0 N–H and O–H groups in total. The van der Waals surface area contributed by atoms with Crippen molar-refractivity contribution in [1.82, 2.24) is 0 Å². The molecular weight excluding hydrogens is 184 g/mol. The largest absolute Gasteiger partial charge is 0.466 e. The molecule has 1 aliphatic heterocycles. The van der Waals surface area contributed by atoms with Gasteiger partial charge in [-0.15, -0.1) is 0 Å². The van der Waals surface area contributed by atoms with Gasteiger partial charge in [-0.1, -0.05) is 0 Å². The molecule has 0 spiro atoms. The van der Waals surface area contributed by atoms with Crippen LogP contribution < -0.4 is 0 Å². The Bertz CT molecular complexity index is 245. The molecular formula is C10H16O4. The molecule has 1 fully saturated rings. The summed E-state index contributed by atoms with van der Waals surface area (Å²) in [6, 6.07) is 0. The van der Waals surface area contributed by atoms with Crippen LogP contribution in [0.2, 0.25) is 0 Å². The first kappa shape index (κ1) is 11.0. The van der Waals surface area contributed by atoms with Gasteiger partial charge in [-0.05, 0) is 20.3 Å². The molecule has 1 saturated heterocycles. The minimum atomic E-state index is -0.419. The highest BCUT2D eigenvalue weighted by Gasteiger charge is 2.41. The van der Waals surface area contributed by atoms with Gasteiger partial charge in [-0.3, -0.25) is 9.59 Å². The standard InChI is InChI=1S/C10H16O4/c1-7(11)13-5-4-8-6-9(12)14-10(8,2)3/h8H,4-6H2,1-3H3/t8-/m1/s1. The smallest absolute Gasteiger partial charge is 0.306 e. The van der Waals surface area contributed by atoms with Gasteiger partial charge in [-0.25, -0.2) is 0 Å². The zero-order valence-electron chi connectivity index (χ0n) is 8.83. The molecule has 0 aromatic carbocycles. The van der Waals surface area contributed by atoms with Crippen LogP contribution in [0.15, 0.2) is 0 Å². The number of hydrogen-bond acceptors (Lipinski definition) is 4. The molecule has 80 valence electrons. The normalized spacial score (nSPS) is 24.5. The third-order valence-corrected chi connectivity index (χ3v) is 2.54. The first-order valence-corrected chi connectivity index (χ1v) is 4.77. The summed E-state index contributed by atoms with van der Waals surface area (Å²) in [5.41, 5.74) is -0.419. The molecule has 0 bridgehead atoms. The Hall–Kier alpha value is -1.06. The van der Waals surface area contributed by atoms with E-state index in [0.29, 0.717) is 19.4 Å². The number of hydrogen-bond donors (Lipinski definition) is 0. The summed E-state index contributed by atoms with van der Waals surface area (Å²) in [5.74, 6) is -0.301. The fourth-order valence-corrected chi connectivity index (χ4v) is 1.66. The van der Waals surface area contributed by atoms with E-state index in [1.165, 1.54) is 6.92 Å². The molecule has 14 heavy (non-hydrogen) atoms. The molecule has 0 saturated carbocycles. The third-order valence-electron chi connectivity index (χ3n) is 2.54. The molecule has 0 aromatic rings. The van der Waals surface area contributed by atoms with Gasteiger partial charge in [0, 0.05) is 12.8 Å². The number of esters is 2. The lowest BCUT2D eigenvalue weighted by Crippen LogP contribution is -2.28. The summed E-state index contributed by atoms with van der Waals surface area (Å²) in [6.45, 7) is 5.51. The van der Waals surface area contributed by atoms with Crippen LogP contribution in [0, 0.1) is 5.92 Å². The first-order chi connectivity index (χ1) is 6.42. The van der Waals surface area contributed by atoms with Crippen molar-refractivity contribution in [2.75, 3.05) is 6.61 Å². The van der Waals surface area contributed by atoms with Gasteiger partial charge in [0.25, 0.3) is 0 Å². The van der Waals surface area contributed by atoms with E-state index < -0.39 is 5.60 Å². The van der Waals surface area contributed by atoms with Crippen LogP contribution in [-0.4, -0.2) is 24.1 Å². The van der Waals surface area contributed by atoms with Crippen LogP contribution in [0.4, 0.5) is 0 Å². The van der Waals surface area contributed by atoms with E-state index >= 15 is 0 Å². The summed E-state index contributed by atoms with van der Waals surface area (Å²) < 4.78 is 9.97. The average Bonchev–Trinajstić information content (AvgIpc) is 2.24. The molecule has 0 radical (unpaired) electrons. The number of carbonyl (C=O) groups is 2. The lowest BCUT2D eigenvalue weighted by atomic mass is 9.88. The van der Waals surface area contributed by atoms with Crippen molar-refractivity contribution in [3.63, 3.8) is 0 Å². The molecule has 1 atom stereocenters. The Labute approximate surface area is 83.6 Å². The Morgan fingerprint density at radius 2 is 2.29 bits per heavy atom. The molecule has 0 amide bonds. The molecule has 1 rings (SSSR count). The summed E-state index contributed by atoms with van der Waals surface area (Å²) in [7, 11) is 0. The maximum atomic E-state index is 11.0. The van der Waals surface area contributed by atoms with E-state index in [-0.39, 0.29) is 17.9 Å². The molecule has 4 nitrogen and oxygen atoms in total. The fraction of sp³-hybridized carbons (Fsp3) is 0.800. The van der Waals surface area contributed by atoms with E-state index in [4.69, 9.17) is 9.47 Å². The predicted molar refractivity (Wildman–Crippen MR) is 49.5 cm³/mol. The van der Waals surface area contributed by atoms with Crippen LogP contribution in [0.3, 0.4) is 0 Å². The number of carbonyl (C=O) groups excluding carboxylic acids is 2. The van der Waals surface area contributed by atoms with Gasteiger partial charge in [0.15, 0.2) is 0 Å². The third kappa shape index (κ3) is 2.72. The molecule has 0 aliphatic carbocycles. The minimum absolute atomic E-state index is 0.148. The molecule has 1 heterocycles. The maximum Gasteiger partial charge on any atom is 0.306 e. The van der Waals surface area contributed by atoms with Crippen molar-refractivity contribution in [3.05, 3.63) is 0 Å². The zero-order valence-corrected chi connectivity index (χ0v) is 8.83. The van der Waals surface area contributed by atoms with E-state index in [0.717, 1.165) is 0 Å². The van der Waals surface area contributed by atoms with Gasteiger partial charge < -0.3 is 9.47 Å². The van der Waals surface area contributed by atoms with Crippen molar-refractivity contribution in [2.24, 2.45) is 5.92 Å². The van der Waals surface area contributed by atoms with Gasteiger partial charge in [0.1, 0.15) is 5.60 Å². The number of cyclic esters (lactones) is 1. The van der Waals surface area contributed by atoms with Gasteiger partial charge in [0.05, 0.1) is 13.0 Å². The van der Waals surface area contributed by atoms with Crippen molar-refractivity contribution in [2.45, 2.75) is 39.2 Å². The first-order valence-electron chi connectivity index (χ1n) is 4.77. The molecule has 4 heteroatoms. The van der Waals surface area contributed by atoms with Crippen LogP contribution >= 0.6 is 0 Å². The number of ether oxygens (including phenoxy) is 2. The maximum absolute atomic E-state index is 11.0. The van der Waals surface area contributed by atoms with E-state index in [9.17, 15) is 9.59 Å². The fourth-order valence-electron chi connectivity index (χ4n) is 1.66. The molecule has 0 aromatic heterocycles. The van der Waals surface area contributed by atoms with Gasteiger partial charge in [0.2, 0.25) is 0 Å². The van der Waals surface area contributed by atoms with Crippen LogP contribution in [-0.2, 0) is 19.1 Å².